The van der Waals surface area contributed by atoms with Crippen molar-refractivity contribution in [1.29, 1.82) is 0 Å². The van der Waals surface area contributed by atoms with Crippen LogP contribution >= 0.6 is 23.1 Å². The molecule has 2 aromatic carbocycles. The molecule has 176 valence electrons. The number of thioether (sulfide) groups is 1. The molecular formula is C27H29N3O2S2. The Morgan fingerprint density at radius 2 is 1.85 bits per heavy atom. The largest absolute Gasteiger partial charge is 0.325 e. The summed E-state index contributed by atoms with van der Waals surface area (Å²) in [4.78, 5) is 33.3. The molecule has 0 spiro atoms. The summed E-state index contributed by atoms with van der Waals surface area (Å²) in [6.45, 7) is 10.2. The highest BCUT2D eigenvalue weighted by atomic mass is 32.2. The fourth-order valence-corrected chi connectivity index (χ4v) is 6.17. The molecule has 1 N–H and O–H groups in total. The van der Waals surface area contributed by atoms with Crippen LogP contribution in [-0.4, -0.2) is 21.2 Å². The van der Waals surface area contributed by atoms with Gasteiger partial charge in [-0.05, 0) is 69.0 Å². The number of aromatic nitrogens is 2. The number of hydrogen-bond acceptors (Lipinski definition) is 5. The van der Waals surface area contributed by atoms with E-state index >= 15 is 0 Å². The Kier molecular flexibility index (Phi) is 7.24. The van der Waals surface area contributed by atoms with E-state index in [4.69, 9.17) is 4.98 Å². The summed E-state index contributed by atoms with van der Waals surface area (Å²) < 4.78 is 1.65. The van der Waals surface area contributed by atoms with Crippen LogP contribution in [0.4, 0.5) is 5.69 Å². The van der Waals surface area contributed by atoms with Gasteiger partial charge in [-0.25, -0.2) is 4.98 Å². The molecule has 4 aromatic rings. The molecule has 0 fully saturated rings. The molecule has 7 heteroatoms. The summed E-state index contributed by atoms with van der Waals surface area (Å²) in [5.74, 6) is 0.0274. The fraction of sp³-hybridized carbons (Fsp3) is 0.296. The zero-order valence-electron chi connectivity index (χ0n) is 20.2. The monoisotopic (exact) mass is 491 g/mol. The maximum Gasteiger partial charge on any atom is 0.267 e. The number of anilines is 1. The number of hydrogen-bond donors (Lipinski definition) is 1. The molecule has 0 bridgehead atoms. The molecule has 0 atom stereocenters. The SMILES string of the molecule is CCCc1sc2nc(SCC(=O)Nc3ccc(C)cc3C)n(-c3cccc(C)c3)c(=O)c2c1C. The Hall–Kier alpha value is -2.90. The maximum absolute atomic E-state index is 13.7. The lowest BCUT2D eigenvalue weighted by Crippen LogP contribution is -2.23. The van der Waals surface area contributed by atoms with E-state index in [1.807, 2.05) is 70.2 Å². The number of nitrogens with zero attached hydrogens (tertiary/aromatic N) is 2. The number of amides is 1. The number of thiophene rings is 1. The molecule has 0 aliphatic carbocycles. The standard InChI is InChI=1S/C27H29N3O2S2/c1-6-8-22-19(5)24-25(34-22)29-27(30(26(24)32)20-10-7-9-16(2)14-20)33-15-23(31)28-21-12-11-17(3)13-18(21)4/h7,9-14H,6,8,15H2,1-5H3,(H,28,31). The average molecular weight is 492 g/mol. The number of aryl methyl sites for hydroxylation is 5. The lowest BCUT2D eigenvalue weighted by molar-refractivity contribution is -0.113. The van der Waals surface area contributed by atoms with Crippen LogP contribution in [0.2, 0.25) is 0 Å². The number of carbonyl (C=O) groups excluding carboxylic acids is 1. The Balaban J connectivity index is 1.72. The third-order valence-corrected chi connectivity index (χ3v) is 7.94. The second-order valence-electron chi connectivity index (χ2n) is 8.61. The average Bonchev–Trinajstić information content (AvgIpc) is 3.10. The van der Waals surface area contributed by atoms with Gasteiger partial charge < -0.3 is 5.32 Å². The first-order valence-corrected chi connectivity index (χ1v) is 13.2. The maximum atomic E-state index is 13.7. The third kappa shape index (κ3) is 4.95. The van der Waals surface area contributed by atoms with Crippen LogP contribution in [0, 0.1) is 27.7 Å². The normalized spacial score (nSPS) is 11.2. The van der Waals surface area contributed by atoms with Gasteiger partial charge in [-0.15, -0.1) is 11.3 Å². The molecule has 5 nitrogen and oxygen atoms in total. The van der Waals surface area contributed by atoms with Crippen molar-refractivity contribution in [3.8, 4) is 5.69 Å². The molecule has 4 rings (SSSR count). The second kappa shape index (κ2) is 10.2. The lowest BCUT2D eigenvalue weighted by Gasteiger charge is -2.13. The second-order valence-corrected chi connectivity index (χ2v) is 10.6. The van der Waals surface area contributed by atoms with E-state index in [0.717, 1.165) is 51.3 Å². The third-order valence-electron chi connectivity index (χ3n) is 5.76. The molecule has 34 heavy (non-hydrogen) atoms. The van der Waals surface area contributed by atoms with E-state index < -0.39 is 0 Å². The van der Waals surface area contributed by atoms with E-state index in [9.17, 15) is 9.59 Å². The molecule has 2 aromatic heterocycles. The van der Waals surface area contributed by atoms with Gasteiger partial charge in [0.15, 0.2) is 5.16 Å². The first-order chi connectivity index (χ1) is 16.3. The Morgan fingerprint density at radius 1 is 1.09 bits per heavy atom. The highest BCUT2D eigenvalue weighted by Crippen LogP contribution is 2.31. The van der Waals surface area contributed by atoms with Crippen molar-refractivity contribution in [2.45, 2.75) is 52.6 Å². The van der Waals surface area contributed by atoms with Crippen molar-refractivity contribution >= 4 is 44.9 Å². The van der Waals surface area contributed by atoms with Gasteiger partial charge in [0, 0.05) is 10.6 Å². The minimum absolute atomic E-state index is 0.0796. The van der Waals surface area contributed by atoms with Crippen molar-refractivity contribution in [2.75, 3.05) is 11.1 Å². The summed E-state index contributed by atoms with van der Waals surface area (Å²) >= 11 is 2.87. The smallest absolute Gasteiger partial charge is 0.267 e. The first kappa shape index (κ1) is 24.2. The minimum Gasteiger partial charge on any atom is -0.325 e. The summed E-state index contributed by atoms with van der Waals surface area (Å²) in [5.41, 5.74) is 5.73. The van der Waals surface area contributed by atoms with Gasteiger partial charge in [-0.3, -0.25) is 14.2 Å². The topological polar surface area (TPSA) is 64.0 Å². The number of fused-ring (bicyclic) bond motifs is 1. The van der Waals surface area contributed by atoms with E-state index in [-0.39, 0.29) is 17.2 Å². The van der Waals surface area contributed by atoms with Gasteiger partial charge in [-0.2, -0.15) is 0 Å². The van der Waals surface area contributed by atoms with E-state index in [0.29, 0.717) is 10.5 Å². The van der Waals surface area contributed by atoms with Crippen LogP contribution in [0.15, 0.2) is 52.4 Å². The van der Waals surface area contributed by atoms with Gasteiger partial charge in [0.1, 0.15) is 4.83 Å². The number of rotatable bonds is 7. The van der Waals surface area contributed by atoms with Crippen molar-refractivity contribution < 1.29 is 4.79 Å². The molecule has 1 amide bonds. The lowest BCUT2D eigenvalue weighted by atomic mass is 10.1. The highest BCUT2D eigenvalue weighted by Gasteiger charge is 2.20. The van der Waals surface area contributed by atoms with Crippen molar-refractivity contribution in [3.63, 3.8) is 0 Å². The van der Waals surface area contributed by atoms with Crippen molar-refractivity contribution in [2.24, 2.45) is 0 Å². The molecule has 0 saturated carbocycles. The quantitative estimate of drug-likeness (QED) is 0.241. The fourth-order valence-electron chi connectivity index (χ4n) is 4.04. The molecule has 0 aliphatic heterocycles. The van der Waals surface area contributed by atoms with Gasteiger partial charge >= 0.3 is 0 Å². The molecule has 0 aliphatic rings. The molecule has 2 heterocycles. The van der Waals surface area contributed by atoms with E-state index in [2.05, 4.69) is 12.2 Å². The summed E-state index contributed by atoms with van der Waals surface area (Å²) in [7, 11) is 0. The van der Waals surface area contributed by atoms with Gasteiger partial charge in [0.2, 0.25) is 5.91 Å². The van der Waals surface area contributed by atoms with E-state index in [1.165, 1.54) is 16.6 Å². The number of nitrogens with one attached hydrogen (secondary N) is 1. The molecule has 0 saturated heterocycles. The van der Waals surface area contributed by atoms with Crippen LogP contribution in [0.3, 0.4) is 0 Å². The number of benzene rings is 2. The summed E-state index contributed by atoms with van der Waals surface area (Å²) in [6, 6.07) is 13.8. The molecular weight excluding hydrogens is 462 g/mol. The Bertz CT molecular complexity index is 1440. The van der Waals surface area contributed by atoms with Crippen LogP contribution in [0.25, 0.3) is 15.9 Å². The van der Waals surface area contributed by atoms with Gasteiger partial charge in [0.05, 0.1) is 16.8 Å². The summed E-state index contributed by atoms with van der Waals surface area (Å²) in [5, 5.41) is 4.20. The summed E-state index contributed by atoms with van der Waals surface area (Å²) in [6.07, 6.45) is 1.94. The predicted octanol–water partition coefficient (Wildman–Crippen LogP) is 6.36. The highest BCUT2D eigenvalue weighted by molar-refractivity contribution is 7.99. The molecule has 0 radical (unpaired) electrons. The van der Waals surface area contributed by atoms with Crippen LogP contribution < -0.4 is 10.9 Å². The van der Waals surface area contributed by atoms with Crippen molar-refractivity contribution in [3.05, 3.63) is 79.9 Å². The van der Waals surface area contributed by atoms with Gasteiger partial charge in [-0.1, -0.05) is 54.9 Å². The zero-order chi connectivity index (χ0) is 24.4. The van der Waals surface area contributed by atoms with Gasteiger partial charge in [0.25, 0.3) is 5.56 Å². The van der Waals surface area contributed by atoms with Crippen molar-refractivity contribution in [1.82, 2.24) is 9.55 Å². The van der Waals surface area contributed by atoms with Crippen LogP contribution in [-0.2, 0) is 11.2 Å². The Morgan fingerprint density at radius 3 is 2.56 bits per heavy atom. The zero-order valence-corrected chi connectivity index (χ0v) is 21.8. The minimum atomic E-state index is -0.129. The van der Waals surface area contributed by atoms with E-state index in [1.54, 1.807) is 15.9 Å². The first-order valence-electron chi connectivity index (χ1n) is 11.4. The molecule has 0 unspecified atom stereocenters. The van der Waals surface area contributed by atoms with Crippen LogP contribution in [0.5, 0.6) is 0 Å². The number of carbonyl (C=O) groups is 1. The van der Waals surface area contributed by atoms with Crippen LogP contribution in [0.1, 0.15) is 40.5 Å². The Labute approximate surface area is 208 Å². The predicted molar refractivity (Wildman–Crippen MR) is 144 cm³/mol.